The maximum absolute atomic E-state index is 13.4. The van der Waals surface area contributed by atoms with Crippen molar-refractivity contribution in [3.63, 3.8) is 0 Å². The fraction of sp³-hybridized carbons (Fsp3) is 0.633. The van der Waals surface area contributed by atoms with Crippen LogP contribution in [0.2, 0.25) is 0 Å². The van der Waals surface area contributed by atoms with E-state index in [1.165, 1.54) is 45.2 Å². The van der Waals surface area contributed by atoms with Crippen LogP contribution in [0.1, 0.15) is 69.7 Å². The van der Waals surface area contributed by atoms with E-state index in [0.29, 0.717) is 18.5 Å². The fourth-order valence-electron chi connectivity index (χ4n) is 6.78. The Kier molecular flexibility index (Phi) is 8.04. The number of fused-ring (bicyclic) bond motifs is 1. The second kappa shape index (κ2) is 12.0. The summed E-state index contributed by atoms with van der Waals surface area (Å²) < 4.78 is 1.92. The number of amides is 1. The van der Waals surface area contributed by atoms with Gasteiger partial charge in [-0.25, -0.2) is 14.6 Å². The Balaban J connectivity index is 1.06. The van der Waals surface area contributed by atoms with Crippen molar-refractivity contribution in [2.75, 3.05) is 44.2 Å². The van der Waals surface area contributed by atoms with Crippen molar-refractivity contribution in [2.45, 2.75) is 77.3 Å². The van der Waals surface area contributed by atoms with Gasteiger partial charge in [0.1, 0.15) is 12.1 Å². The summed E-state index contributed by atoms with van der Waals surface area (Å²) in [6.07, 6.45) is 14.1. The molecule has 5 heterocycles. The highest BCUT2D eigenvalue weighted by Gasteiger charge is 2.33. The summed E-state index contributed by atoms with van der Waals surface area (Å²) in [5.41, 5.74) is 2.93. The maximum atomic E-state index is 13.4. The molecular weight excluding hydrogens is 488 g/mol. The normalized spacial score (nSPS) is 22.9. The summed E-state index contributed by atoms with van der Waals surface area (Å²) in [5.74, 6) is 1.48. The number of rotatable bonds is 7. The largest absolute Gasteiger partial charge is 0.352 e. The van der Waals surface area contributed by atoms with Gasteiger partial charge in [-0.1, -0.05) is 25.8 Å². The summed E-state index contributed by atoms with van der Waals surface area (Å²) >= 11 is 0. The van der Waals surface area contributed by atoms with Crippen LogP contribution in [0.5, 0.6) is 0 Å². The molecule has 1 saturated carbocycles. The molecule has 6 rings (SSSR count). The Hall–Kier alpha value is -3.07. The van der Waals surface area contributed by atoms with Crippen molar-refractivity contribution < 1.29 is 4.79 Å². The number of aryl methyl sites for hydroxylation is 1. The Morgan fingerprint density at radius 3 is 2.46 bits per heavy atom. The highest BCUT2D eigenvalue weighted by Crippen LogP contribution is 2.31. The van der Waals surface area contributed by atoms with Crippen LogP contribution in [-0.4, -0.2) is 85.7 Å². The van der Waals surface area contributed by atoms with Crippen LogP contribution in [0, 0.1) is 5.92 Å². The summed E-state index contributed by atoms with van der Waals surface area (Å²) in [6, 6.07) is 6.90. The molecule has 0 N–H and O–H groups in total. The van der Waals surface area contributed by atoms with Crippen LogP contribution in [0.3, 0.4) is 0 Å². The van der Waals surface area contributed by atoms with E-state index in [1.807, 2.05) is 16.9 Å². The number of anilines is 1. The lowest BCUT2D eigenvalue weighted by Gasteiger charge is -2.41. The van der Waals surface area contributed by atoms with Crippen molar-refractivity contribution >= 4 is 22.8 Å². The minimum atomic E-state index is 0.200. The third-order valence-corrected chi connectivity index (χ3v) is 8.94. The summed E-state index contributed by atoms with van der Waals surface area (Å²) in [5, 5.41) is 5.60. The maximum Gasteiger partial charge on any atom is 0.225 e. The van der Waals surface area contributed by atoms with Gasteiger partial charge in [0.2, 0.25) is 5.91 Å². The van der Waals surface area contributed by atoms with E-state index in [1.54, 1.807) is 6.33 Å². The molecule has 3 fully saturated rings. The van der Waals surface area contributed by atoms with Gasteiger partial charge in [-0.05, 0) is 70.2 Å². The average molecular weight is 531 g/mol. The van der Waals surface area contributed by atoms with Crippen LogP contribution >= 0.6 is 0 Å². The SMILES string of the molecule is CCCc1cccc(Cn2ncc3c(N4CCN(C(=O)[C@H]5CC[C@H](N6CCCCC6)CC5)CC4)ncnc32)n1. The predicted octanol–water partition coefficient (Wildman–Crippen LogP) is 3.92. The molecule has 0 unspecified atom stereocenters. The van der Waals surface area contributed by atoms with Gasteiger partial charge < -0.3 is 14.7 Å². The van der Waals surface area contributed by atoms with Crippen molar-refractivity contribution in [2.24, 2.45) is 5.92 Å². The molecule has 0 radical (unpaired) electrons. The Morgan fingerprint density at radius 1 is 0.923 bits per heavy atom. The van der Waals surface area contributed by atoms with Gasteiger partial charge >= 0.3 is 0 Å². The number of aromatic nitrogens is 5. The van der Waals surface area contributed by atoms with E-state index in [0.717, 1.165) is 80.1 Å². The van der Waals surface area contributed by atoms with Gasteiger partial charge in [0.15, 0.2) is 5.65 Å². The van der Waals surface area contributed by atoms with Crippen molar-refractivity contribution in [1.82, 2.24) is 34.5 Å². The quantitative estimate of drug-likeness (QED) is 0.458. The smallest absolute Gasteiger partial charge is 0.225 e. The Morgan fingerprint density at radius 2 is 1.69 bits per heavy atom. The number of carbonyl (C=O) groups excluding carboxylic acids is 1. The average Bonchev–Trinajstić information content (AvgIpc) is 3.40. The first-order chi connectivity index (χ1) is 19.2. The highest BCUT2D eigenvalue weighted by molar-refractivity contribution is 5.87. The van der Waals surface area contributed by atoms with Gasteiger partial charge in [0.05, 0.1) is 23.8 Å². The van der Waals surface area contributed by atoms with Crippen molar-refractivity contribution in [3.05, 3.63) is 42.1 Å². The molecule has 0 atom stereocenters. The van der Waals surface area contributed by atoms with E-state index in [9.17, 15) is 4.79 Å². The first-order valence-electron chi connectivity index (χ1n) is 15.1. The lowest BCUT2D eigenvalue weighted by Crippen LogP contribution is -2.51. The molecule has 2 aliphatic heterocycles. The minimum Gasteiger partial charge on any atom is -0.352 e. The molecule has 0 spiro atoms. The molecule has 208 valence electrons. The summed E-state index contributed by atoms with van der Waals surface area (Å²) in [7, 11) is 0. The van der Waals surface area contributed by atoms with Gasteiger partial charge in [0, 0.05) is 43.8 Å². The van der Waals surface area contributed by atoms with Gasteiger partial charge in [0.25, 0.3) is 0 Å². The molecule has 3 aromatic rings. The lowest BCUT2D eigenvalue weighted by atomic mass is 9.83. The monoisotopic (exact) mass is 530 g/mol. The third-order valence-electron chi connectivity index (χ3n) is 8.94. The summed E-state index contributed by atoms with van der Waals surface area (Å²) in [6.45, 7) is 8.33. The zero-order valence-corrected chi connectivity index (χ0v) is 23.3. The Bertz CT molecular complexity index is 1250. The number of piperidine rings is 1. The molecule has 0 bridgehead atoms. The van der Waals surface area contributed by atoms with Crippen molar-refractivity contribution in [1.29, 1.82) is 0 Å². The second-order valence-corrected chi connectivity index (χ2v) is 11.5. The van der Waals surface area contributed by atoms with E-state index in [2.05, 4.69) is 48.8 Å². The van der Waals surface area contributed by atoms with Crippen LogP contribution in [-0.2, 0) is 17.8 Å². The molecule has 9 heteroatoms. The topological polar surface area (TPSA) is 83.3 Å². The van der Waals surface area contributed by atoms with Crippen LogP contribution < -0.4 is 4.90 Å². The van der Waals surface area contributed by atoms with E-state index in [-0.39, 0.29) is 5.92 Å². The van der Waals surface area contributed by atoms with E-state index < -0.39 is 0 Å². The number of piperazine rings is 1. The first-order valence-corrected chi connectivity index (χ1v) is 15.1. The number of carbonyl (C=O) groups is 1. The zero-order chi connectivity index (χ0) is 26.6. The van der Waals surface area contributed by atoms with Crippen LogP contribution in [0.4, 0.5) is 5.82 Å². The number of pyridine rings is 1. The minimum absolute atomic E-state index is 0.200. The third kappa shape index (κ3) is 5.78. The Labute approximate surface area is 231 Å². The van der Waals surface area contributed by atoms with E-state index in [4.69, 9.17) is 4.98 Å². The molecule has 39 heavy (non-hydrogen) atoms. The van der Waals surface area contributed by atoms with Crippen molar-refractivity contribution in [3.8, 4) is 0 Å². The van der Waals surface area contributed by atoms with Crippen LogP contribution in [0.25, 0.3) is 11.0 Å². The summed E-state index contributed by atoms with van der Waals surface area (Å²) in [4.78, 5) is 34.4. The number of hydrogen-bond donors (Lipinski definition) is 0. The standard InChI is InChI=1S/C30H42N8O/c1-2-7-24-8-6-9-25(34-24)21-38-29-27(20-33-38)28(31-22-32-29)36-16-18-37(19-17-36)30(39)23-10-12-26(13-11-23)35-14-4-3-5-15-35/h6,8-9,20,22-23,26H,2-5,7,10-19,21H2,1H3/t23-,26-. The second-order valence-electron chi connectivity index (χ2n) is 11.5. The van der Waals surface area contributed by atoms with Gasteiger partial charge in [-0.3, -0.25) is 9.78 Å². The predicted molar refractivity (Wildman–Crippen MR) is 153 cm³/mol. The highest BCUT2D eigenvalue weighted by atomic mass is 16.2. The van der Waals surface area contributed by atoms with Gasteiger partial charge in [-0.2, -0.15) is 5.10 Å². The van der Waals surface area contributed by atoms with Gasteiger partial charge in [-0.15, -0.1) is 0 Å². The zero-order valence-electron chi connectivity index (χ0n) is 23.3. The first kappa shape index (κ1) is 26.2. The number of likely N-dealkylation sites (tertiary alicyclic amines) is 1. The fourth-order valence-corrected chi connectivity index (χ4v) is 6.78. The number of hydrogen-bond acceptors (Lipinski definition) is 7. The molecule has 0 aromatic carbocycles. The molecule has 9 nitrogen and oxygen atoms in total. The molecule has 3 aliphatic rings. The molecule has 1 aliphatic carbocycles. The number of nitrogens with zero attached hydrogens (tertiary/aromatic N) is 8. The van der Waals surface area contributed by atoms with Crippen LogP contribution in [0.15, 0.2) is 30.7 Å². The molecule has 3 aromatic heterocycles. The molecule has 2 saturated heterocycles. The lowest BCUT2D eigenvalue weighted by molar-refractivity contribution is -0.137. The molecular formula is C30H42N8O. The van der Waals surface area contributed by atoms with E-state index >= 15 is 0 Å². The molecule has 1 amide bonds.